The first-order valence-electron chi connectivity index (χ1n) is 13.1. The number of aromatic hydroxyl groups is 1. The molecule has 2 heterocycles. The van der Waals surface area contributed by atoms with Crippen molar-refractivity contribution in [2.24, 2.45) is 11.8 Å². The second-order valence-corrected chi connectivity index (χ2v) is 9.97. The maximum absolute atomic E-state index is 12.6. The predicted molar refractivity (Wildman–Crippen MR) is 134 cm³/mol. The number of amides is 2. The molecule has 2 amide bonds. The standard InChI is InChI=1S/C27H36N4O5/c1-3-18-13-14-31(25(18)17(2)32)24(33)16-28-27(35)36-23-15-19(23)9-5-4-6-12-22-26(34)30-21-11-8-7-10-20(21)29-22/h7-8,10-11,18-19,23,25H,3-6,9,12-16H2,1-2H3,(H,28,35)(H,30,34)/t18-,19-,23?,25-/m1/s1. The summed E-state index contributed by atoms with van der Waals surface area (Å²) in [7, 11) is 0. The lowest BCUT2D eigenvalue weighted by atomic mass is 9.95. The van der Waals surface area contributed by atoms with E-state index in [1.165, 1.54) is 6.92 Å². The number of fused-ring (bicyclic) bond motifs is 1. The van der Waals surface area contributed by atoms with Crippen molar-refractivity contribution >= 4 is 28.8 Å². The molecule has 1 saturated carbocycles. The Balaban J connectivity index is 1.10. The number of nitrogens with zero attached hydrogens (tertiary/aromatic N) is 3. The number of rotatable bonds is 11. The van der Waals surface area contributed by atoms with E-state index in [-0.39, 0.29) is 42.2 Å². The van der Waals surface area contributed by atoms with Gasteiger partial charge in [-0.25, -0.2) is 14.8 Å². The molecule has 0 bridgehead atoms. The van der Waals surface area contributed by atoms with Crippen LogP contribution in [0.1, 0.15) is 64.5 Å². The Morgan fingerprint density at radius 3 is 2.58 bits per heavy atom. The molecule has 2 aliphatic rings. The Morgan fingerprint density at radius 2 is 1.86 bits per heavy atom. The van der Waals surface area contributed by atoms with E-state index in [0.717, 1.165) is 50.5 Å². The van der Waals surface area contributed by atoms with Gasteiger partial charge in [0.15, 0.2) is 5.78 Å². The fourth-order valence-corrected chi connectivity index (χ4v) is 5.28. The molecule has 1 aromatic carbocycles. The number of unbranched alkanes of at least 4 members (excludes halogenated alkanes) is 2. The largest absolute Gasteiger partial charge is 0.492 e. The summed E-state index contributed by atoms with van der Waals surface area (Å²) in [5.41, 5.74) is 2.10. The SMILES string of the molecule is CC[C@@H]1CCN(C(=O)CNC(=O)OC2C[C@H]2CCCCCc2nc3ccccc3nc2O)[C@@H]1C(C)=O. The third-order valence-corrected chi connectivity index (χ3v) is 7.39. The summed E-state index contributed by atoms with van der Waals surface area (Å²) in [5.74, 6) is 0.305. The van der Waals surface area contributed by atoms with Crippen molar-refractivity contribution in [2.45, 2.75) is 77.4 Å². The van der Waals surface area contributed by atoms with E-state index < -0.39 is 6.09 Å². The summed E-state index contributed by atoms with van der Waals surface area (Å²) in [6.07, 6.45) is 6.38. The topological polar surface area (TPSA) is 122 Å². The maximum Gasteiger partial charge on any atom is 0.407 e. The molecule has 0 radical (unpaired) electrons. The van der Waals surface area contributed by atoms with E-state index in [2.05, 4.69) is 15.3 Å². The van der Waals surface area contributed by atoms with Crippen molar-refractivity contribution in [2.75, 3.05) is 13.1 Å². The minimum atomic E-state index is -0.577. The number of aromatic nitrogens is 2. The van der Waals surface area contributed by atoms with E-state index in [4.69, 9.17) is 4.74 Å². The van der Waals surface area contributed by atoms with Gasteiger partial charge >= 0.3 is 6.09 Å². The Morgan fingerprint density at radius 1 is 1.11 bits per heavy atom. The normalized spacial score (nSPS) is 23.0. The quantitative estimate of drug-likeness (QED) is 0.454. The zero-order chi connectivity index (χ0) is 25.7. The molecule has 4 rings (SSSR count). The molecule has 1 saturated heterocycles. The molecule has 9 heteroatoms. The average Bonchev–Trinajstić information content (AvgIpc) is 3.43. The van der Waals surface area contributed by atoms with E-state index >= 15 is 0 Å². The third-order valence-electron chi connectivity index (χ3n) is 7.39. The minimum absolute atomic E-state index is 0.000535. The van der Waals surface area contributed by atoms with Crippen molar-refractivity contribution in [1.29, 1.82) is 0 Å². The van der Waals surface area contributed by atoms with Gasteiger partial charge in [0.1, 0.15) is 18.3 Å². The van der Waals surface area contributed by atoms with Crippen LogP contribution in [0.5, 0.6) is 5.88 Å². The number of nitrogens with one attached hydrogen (secondary N) is 1. The predicted octanol–water partition coefficient (Wildman–Crippen LogP) is 3.77. The van der Waals surface area contributed by atoms with Crippen LogP contribution in [0.3, 0.4) is 0 Å². The fourth-order valence-electron chi connectivity index (χ4n) is 5.28. The highest BCUT2D eigenvalue weighted by Gasteiger charge is 2.41. The number of para-hydroxylation sites is 2. The van der Waals surface area contributed by atoms with Gasteiger partial charge in [0.05, 0.1) is 17.1 Å². The van der Waals surface area contributed by atoms with Crippen LogP contribution >= 0.6 is 0 Å². The number of Topliss-reactive ketones (excluding diaryl/α,β-unsaturated/α-hetero) is 1. The Kier molecular flexibility index (Phi) is 8.38. The summed E-state index contributed by atoms with van der Waals surface area (Å²) in [6.45, 7) is 3.95. The summed E-state index contributed by atoms with van der Waals surface area (Å²) < 4.78 is 5.45. The van der Waals surface area contributed by atoms with Crippen LogP contribution in [0.2, 0.25) is 0 Å². The van der Waals surface area contributed by atoms with Gasteiger partial charge in [0.2, 0.25) is 11.8 Å². The number of ketones is 1. The molecule has 36 heavy (non-hydrogen) atoms. The highest BCUT2D eigenvalue weighted by molar-refractivity contribution is 5.90. The third kappa shape index (κ3) is 6.30. The molecule has 1 unspecified atom stereocenters. The van der Waals surface area contributed by atoms with Crippen molar-refractivity contribution in [3.8, 4) is 5.88 Å². The van der Waals surface area contributed by atoms with Gasteiger partial charge in [-0.3, -0.25) is 9.59 Å². The molecule has 1 aliphatic carbocycles. The highest BCUT2D eigenvalue weighted by Crippen LogP contribution is 2.38. The van der Waals surface area contributed by atoms with Gasteiger partial charge in [-0.2, -0.15) is 0 Å². The minimum Gasteiger partial charge on any atom is -0.492 e. The molecule has 1 aromatic heterocycles. The summed E-state index contributed by atoms with van der Waals surface area (Å²) >= 11 is 0. The van der Waals surface area contributed by atoms with Gasteiger partial charge in [-0.1, -0.05) is 38.3 Å². The second kappa shape index (κ2) is 11.7. The van der Waals surface area contributed by atoms with Crippen molar-refractivity contribution in [3.05, 3.63) is 30.0 Å². The van der Waals surface area contributed by atoms with Crippen LogP contribution in [-0.2, 0) is 20.7 Å². The van der Waals surface area contributed by atoms with E-state index in [0.29, 0.717) is 30.1 Å². The smallest absolute Gasteiger partial charge is 0.407 e. The Bertz CT molecular complexity index is 1110. The number of benzene rings is 1. The van der Waals surface area contributed by atoms with Gasteiger partial charge in [0, 0.05) is 6.54 Å². The van der Waals surface area contributed by atoms with Crippen LogP contribution < -0.4 is 5.32 Å². The first kappa shape index (κ1) is 25.9. The van der Waals surface area contributed by atoms with Crippen molar-refractivity contribution in [3.63, 3.8) is 0 Å². The summed E-state index contributed by atoms with van der Waals surface area (Å²) in [6, 6.07) is 7.11. The molecule has 2 N–H and O–H groups in total. The molecule has 2 aromatic rings. The second-order valence-electron chi connectivity index (χ2n) is 9.97. The molecule has 9 nitrogen and oxygen atoms in total. The molecule has 4 atom stereocenters. The first-order chi connectivity index (χ1) is 17.4. The zero-order valence-electron chi connectivity index (χ0n) is 21.1. The summed E-state index contributed by atoms with van der Waals surface area (Å²) in [4.78, 5) is 47.0. The van der Waals surface area contributed by atoms with Gasteiger partial charge in [0.25, 0.3) is 0 Å². The number of alkyl carbamates (subject to hydrolysis) is 1. The Labute approximate surface area is 211 Å². The van der Waals surface area contributed by atoms with Crippen LogP contribution in [0.4, 0.5) is 4.79 Å². The number of hydrogen-bond acceptors (Lipinski definition) is 7. The zero-order valence-corrected chi connectivity index (χ0v) is 21.1. The van der Waals surface area contributed by atoms with E-state index in [9.17, 15) is 19.5 Å². The number of hydrogen-bond donors (Lipinski definition) is 2. The van der Waals surface area contributed by atoms with Crippen LogP contribution in [0.25, 0.3) is 11.0 Å². The van der Waals surface area contributed by atoms with E-state index in [1.54, 1.807) is 4.90 Å². The highest BCUT2D eigenvalue weighted by atomic mass is 16.6. The lowest BCUT2D eigenvalue weighted by Gasteiger charge is -2.25. The monoisotopic (exact) mass is 496 g/mol. The average molecular weight is 497 g/mol. The fraction of sp³-hybridized carbons (Fsp3) is 0.593. The number of carbonyl (C=O) groups excluding carboxylic acids is 3. The van der Waals surface area contributed by atoms with Gasteiger partial charge in [-0.15, -0.1) is 0 Å². The maximum atomic E-state index is 12.6. The first-order valence-corrected chi connectivity index (χ1v) is 13.1. The lowest BCUT2D eigenvalue weighted by molar-refractivity contribution is -0.137. The van der Waals surface area contributed by atoms with Crippen molar-refractivity contribution < 1.29 is 24.2 Å². The number of carbonyl (C=O) groups is 3. The number of likely N-dealkylation sites (tertiary alicyclic amines) is 1. The van der Waals surface area contributed by atoms with Crippen LogP contribution in [-0.4, -0.2) is 63.0 Å². The summed E-state index contributed by atoms with van der Waals surface area (Å²) in [5, 5.41) is 12.7. The lowest BCUT2D eigenvalue weighted by Crippen LogP contribution is -2.46. The Hall–Kier alpha value is -3.23. The molecule has 2 fully saturated rings. The number of ether oxygens (including phenoxy) is 1. The van der Waals surface area contributed by atoms with Gasteiger partial charge < -0.3 is 20.1 Å². The van der Waals surface area contributed by atoms with E-state index in [1.807, 2.05) is 31.2 Å². The molecular weight excluding hydrogens is 460 g/mol. The molecule has 1 aliphatic heterocycles. The van der Waals surface area contributed by atoms with Crippen LogP contribution in [0, 0.1) is 11.8 Å². The molecular formula is C27H36N4O5. The van der Waals surface area contributed by atoms with Gasteiger partial charge in [-0.05, 0) is 63.0 Å². The molecule has 0 spiro atoms. The molecule has 194 valence electrons. The van der Waals surface area contributed by atoms with Crippen LogP contribution in [0.15, 0.2) is 24.3 Å². The van der Waals surface area contributed by atoms with Crippen molar-refractivity contribution in [1.82, 2.24) is 20.2 Å². The number of aryl methyl sites for hydroxylation is 1.